The number of ether oxygens (including phenoxy) is 1. The van der Waals surface area contributed by atoms with Crippen molar-refractivity contribution >= 4 is 11.6 Å². The molecule has 2 rings (SSSR count). The van der Waals surface area contributed by atoms with Crippen LogP contribution in [0.2, 0.25) is 0 Å². The Morgan fingerprint density at radius 2 is 2.27 bits per heavy atom. The van der Waals surface area contributed by atoms with Gasteiger partial charge in [0.2, 0.25) is 0 Å². The molecular formula is C8H14ClNO. The number of alkyl halides is 1. The molecule has 2 aliphatic heterocycles. The van der Waals surface area contributed by atoms with Gasteiger partial charge >= 0.3 is 0 Å². The molecule has 0 aromatic heterocycles. The van der Waals surface area contributed by atoms with Crippen molar-refractivity contribution in [2.24, 2.45) is 5.92 Å². The Morgan fingerprint density at radius 3 is 2.64 bits per heavy atom. The highest BCUT2D eigenvalue weighted by Crippen LogP contribution is 2.38. The van der Waals surface area contributed by atoms with Crippen LogP contribution >= 0.6 is 11.6 Å². The third-order valence-corrected chi connectivity index (χ3v) is 3.33. The Morgan fingerprint density at radius 1 is 1.55 bits per heavy atom. The van der Waals surface area contributed by atoms with Crippen LogP contribution in [0.15, 0.2) is 0 Å². The van der Waals surface area contributed by atoms with Gasteiger partial charge in [-0.05, 0) is 25.9 Å². The van der Waals surface area contributed by atoms with Crippen LogP contribution in [0, 0.1) is 5.92 Å². The maximum absolute atomic E-state index is 6.33. The molecule has 1 unspecified atom stereocenters. The minimum Gasteiger partial charge on any atom is -0.378 e. The Labute approximate surface area is 72.5 Å². The van der Waals surface area contributed by atoms with Crippen LogP contribution in [0.5, 0.6) is 0 Å². The third-order valence-electron chi connectivity index (χ3n) is 2.81. The van der Waals surface area contributed by atoms with Gasteiger partial charge < -0.3 is 9.64 Å². The summed E-state index contributed by atoms with van der Waals surface area (Å²) in [5.41, 5.74) is 0. The zero-order valence-electron chi connectivity index (χ0n) is 6.85. The molecule has 2 fully saturated rings. The summed E-state index contributed by atoms with van der Waals surface area (Å²) in [5.74, 6) is 0.655. The minimum atomic E-state index is -0.00917. The molecule has 1 atom stereocenters. The molecule has 0 saturated carbocycles. The number of halogens is 1. The summed E-state index contributed by atoms with van der Waals surface area (Å²) >= 11 is 6.33. The van der Waals surface area contributed by atoms with Crippen molar-refractivity contribution in [3.63, 3.8) is 0 Å². The van der Waals surface area contributed by atoms with Crippen molar-refractivity contribution in [1.82, 2.24) is 4.90 Å². The number of hydrogen-bond acceptors (Lipinski definition) is 2. The predicted molar refractivity (Wildman–Crippen MR) is 45.0 cm³/mol. The van der Waals surface area contributed by atoms with Crippen molar-refractivity contribution in [2.75, 3.05) is 33.4 Å². The monoisotopic (exact) mass is 175 g/mol. The number of nitrogens with zero attached hydrogens (tertiary/aromatic N) is 1. The highest BCUT2D eigenvalue weighted by Gasteiger charge is 2.45. The van der Waals surface area contributed by atoms with Crippen LogP contribution in [0.3, 0.4) is 0 Å². The molecule has 2 aliphatic rings. The lowest BCUT2D eigenvalue weighted by molar-refractivity contribution is -0.0376. The molecule has 0 amide bonds. The Kier molecular flexibility index (Phi) is 1.86. The quantitative estimate of drug-likeness (QED) is 0.551. The molecule has 2 nitrogen and oxygen atoms in total. The molecular weight excluding hydrogens is 162 g/mol. The van der Waals surface area contributed by atoms with Crippen molar-refractivity contribution < 1.29 is 4.74 Å². The Hall–Kier alpha value is 0.210. The maximum Gasteiger partial charge on any atom is 0.0952 e. The lowest BCUT2D eigenvalue weighted by Crippen LogP contribution is -2.51. The molecule has 3 heteroatoms. The van der Waals surface area contributed by atoms with Gasteiger partial charge in [0.05, 0.1) is 18.1 Å². The van der Waals surface area contributed by atoms with Crippen LogP contribution in [0.1, 0.15) is 6.42 Å². The summed E-state index contributed by atoms with van der Waals surface area (Å²) in [6, 6.07) is 0. The van der Waals surface area contributed by atoms with E-state index in [4.69, 9.17) is 16.3 Å². The Bertz CT molecular complexity index is 158. The maximum atomic E-state index is 6.33. The van der Waals surface area contributed by atoms with E-state index in [-0.39, 0.29) is 4.87 Å². The smallest absolute Gasteiger partial charge is 0.0952 e. The second-order valence-corrected chi connectivity index (χ2v) is 4.53. The second kappa shape index (κ2) is 2.61. The lowest BCUT2D eigenvalue weighted by atomic mass is 9.89. The molecule has 0 aliphatic carbocycles. The van der Waals surface area contributed by atoms with Crippen LogP contribution in [-0.2, 0) is 4.74 Å². The molecule has 64 valence electrons. The van der Waals surface area contributed by atoms with Crippen LogP contribution < -0.4 is 0 Å². The fourth-order valence-corrected chi connectivity index (χ4v) is 2.22. The molecule has 11 heavy (non-hydrogen) atoms. The summed E-state index contributed by atoms with van der Waals surface area (Å²) in [7, 11) is 2.15. The molecule has 0 aromatic rings. The van der Waals surface area contributed by atoms with Gasteiger partial charge in [-0.3, -0.25) is 0 Å². The zero-order valence-corrected chi connectivity index (χ0v) is 7.60. The highest BCUT2D eigenvalue weighted by molar-refractivity contribution is 6.25. The number of rotatable bonds is 1. The highest BCUT2D eigenvalue weighted by atomic mass is 35.5. The first-order valence-corrected chi connectivity index (χ1v) is 4.54. The molecule has 0 bridgehead atoms. The first kappa shape index (κ1) is 7.84. The van der Waals surface area contributed by atoms with Gasteiger partial charge in [0.1, 0.15) is 0 Å². The van der Waals surface area contributed by atoms with Crippen molar-refractivity contribution in [1.29, 1.82) is 0 Å². The SMILES string of the molecule is CN1CCC(C2(Cl)COC2)C1. The topological polar surface area (TPSA) is 12.5 Å². The average Bonchev–Trinajstić information content (AvgIpc) is 2.31. The van der Waals surface area contributed by atoms with Crippen LogP contribution in [0.25, 0.3) is 0 Å². The summed E-state index contributed by atoms with van der Waals surface area (Å²) < 4.78 is 5.14. The number of likely N-dealkylation sites (tertiary alicyclic amines) is 1. The van der Waals surface area contributed by atoms with E-state index in [1.54, 1.807) is 0 Å². The normalized spacial score (nSPS) is 37.1. The van der Waals surface area contributed by atoms with Crippen molar-refractivity contribution in [2.45, 2.75) is 11.3 Å². The Balaban J connectivity index is 1.95. The van der Waals surface area contributed by atoms with Gasteiger partial charge in [-0.25, -0.2) is 0 Å². The van der Waals surface area contributed by atoms with Gasteiger partial charge in [-0.1, -0.05) is 0 Å². The predicted octanol–water partition coefficient (Wildman–Crippen LogP) is 0.946. The zero-order chi connectivity index (χ0) is 7.90. The summed E-state index contributed by atoms with van der Waals surface area (Å²) in [6.45, 7) is 3.85. The molecule has 0 spiro atoms. The second-order valence-electron chi connectivity index (χ2n) is 3.78. The average molecular weight is 176 g/mol. The minimum absolute atomic E-state index is 0.00917. The largest absolute Gasteiger partial charge is 0.378 e. The summed E-state index contributed by atoms with van der Waals surface area (Å²) in [4.78, 5) is 2.33. The first-order valence-electron chi connectivity index (χ1n) is 4.16. The summed E-state index contributed by atoms with van der Waals surface area (Å²) in [6.07, 6.45) is 1.24. The van der Waals surface area contributed by atoms with Gasteiger partial charge in [0.25, 0.3) is 0 Å². The van der Waals surface area contributed by atoms with E-state index in [1.165, 1.54) is 13.0 Å². The summed E-state index contributed by atoms with van der Waals surface area (Å²) in [5, 5.41) is 0. The van der Waals surface area contributed by atoms with Crippen molar-refractivity contribution in [3.05, 3.63) is 0 Å². The number of hydrogen-bond donors (Lipinski definition) is 0. The van der Waals surface area contributed by atoms with E-state index < -0.39 is 0 Å². The van der Waals surface area contributed by atoms with Gasteiger partial charge in [0, 0.05) is 6.54 Å². The van der Waals surface area contributed by atoms with E-state index >= 15 is 0 Å². The van der Waals surface area contributed by atoms with Crippen LogP contribution in [-0.4, -0.2) is 43.1 Å². The molecule has 0 N–H and O–H groups in total. The van der Waals surface area contributed by atoms with E-state index in [0.717, 1.165) is 19.8 Å². The van der Waals surface area contributed by atoms with E-state index in [1.807, 2.05) is 0 Å². The molecule has 2 heterocycles. The van der Waals surface area contributed by atoms with E-state index in [2.05, 4.69) is 11.9 Å². The van der Waals surface area contributed by atoms with Crippen molar-refractivity contribution in [3.8, 4) is 0 Å². The third kappa shape index (κ3) is 1.28. The molecule has 0 aromatic carbocycles. The molecule has 2 saturated heterocycles. The van der Waals surface area contributed by atoms with Crippen LogP contribution in [0.4, 0.5) is 0 Å². The van der Waals surface area contributed by atoms with E-state index in [9.17, 15) is 0 Å². The lowest BCUT2D eigenvalue weighted by Gasteiger charge is -2.40. The van der Waals surface area contributed by atoms with Gasteiger partial charge in [0.15, 0.2) is 0 Å². The standard InChI is InChI=1S/C8H14ClNO/c1-10-3-2-7(4-10)8(9)5-11-6-8/h7H,2-6H2,1H3. The van der Waals surface area contributed by atoms with Gasteiger partial charge in [-0.2, -0.15) is 0 Å². The fraction of sp³-hybridized carbons (Fsp3) is 1.00. The van der Waals surface area contributed by atoms with E-state index in [0.29, 0.717) is 5.92 Å². The first-order chi connectivity index (χ1) is 5.21. The van der Waals surface area contributed by atoms with Gasteiger partial charge in [-0.15, -0.1) is 11.6 Å². The molecule has 0 radical (unpaired) electrons. The fourth-order valence-electron chi connectivity index (χ4n) is 1.89.